The molecule has 2 aliphatic carbocycles. The van der Waals surface area contributed by atoms with Crippen LogP contribution in [0.3, 0.4) is 0 Å². The van der Waals surface area contributed by atoms with Gasteiger partial charge in [-0.05, 0) is 62.8 Å². The van der Waals surface area contributed by atoms with Gasteiger partial charge in [0.05, 0.1) is 0 Å². The average molecular weight is 372 g/mol. The fraction of sp³-hybridized carbons (Fsp3) is 0.364. The number of carbonyl (C=O) groups is 2. The Morgan fingerprint density at radius 3 is 1.33 bits per heavy atom. The van der Waals surface area contributed by atoms with Gasteiger partial charge in [-0.25, -0.2) is 0 Å². The predicted octanol–water partition coefficient (Wildman–Crippen LogP) is 5.74. The summed E-state index contributed by atoms with van der Waals surface area (Å²) in [5.74, 6) is 0.586. The van der Waals surface area contributed by atoms with Crippen LogP contribution >= 0.6 is 0 Å². The molecule has 0 unspecified atom stereocenters. The molecule has 0 saturated heterocycles. The van der Waals surface area contributed by atoms with E-state index < -0.39 is 0 Å². The molecule has 0 bridgehead atoms. The Bertz CT molecular complexity index is 604. The Labute approximate surface area is 163 Å². The van der Waals surface area contributed by atoms with E-state index in [9.17, 15) is 9.59 Å². The first-order valence-electron chi connectivity index (χ1n) is 8.93. The third-order valence-electron chi connectivity index (χ3n) is 3.40. The van der Waals surface area contributed by atoms with Crippen LogP contribution in [0, 0.1) is 0 Å². The second-order valence-electron chi connectivity index (χ2n) is 5.57. The molecule has 148 valence electrons. The Morgan fingerprint density at radius 2 is 1.19 bits per heavy atom. The largest absolute Gasteiger partial charge is 0.383 e. The summed E-state index contributed by atoms with van der Waals surface area (Å²) < 4.78 is 0. The fourth-order valence-electron chi connectivity index (χ4n) is 1.93. The number of hydrogen-bond donors (Lipinski definition) is 1. The molecular weight excluding hydrogens is 338 g/mol. The maximum Gasteiger partial charge on any atom is 0.183 e. The minimum absolute atomic E-state index is 0.194. The standard InChI is InChI=1S/2C8H10O.C4H7N3.C2H6/c2*1-6-4-3-5-7(2)8(6)9;1-3-6-7-4(2)5;1-2/h2*4-5H,3H2,1-2H3;3H,1-2,5H2;1-2H3. The fourth-order valence-corrected chi connectivity index (χ4v) is 1.93. The van der Waals surface area contributed by atoms with Gasteiger partial charge in [-0.3, -0.25) is 9.59 Å². The molecule has 0 aromatic carbocycles. The molecule has 0 aliphatic heterocycles. The Kier molecular flexibility index (Phi) is 15.1. The molecule has 0 heterocycles. The Hall–Kier alpha value is -2.82. The van der Waals surface area contributed by atoms with Gasteiger partial charge < -0.3 is 5.73 Å². The van der Waals surface area contributed by atoms with Crippen LogP contribution < -0.4 is 5.73 Å². The van der Waals surface area contributed by atoms with Crippen molar-refractivity contribution in [3.05, 3.63) is 71.8 Å². The first kappa shape index (κ1) is 26.4. The molecule has 0 aromatic heterocycles. The van der Waals surface area contributed by atoms with Gasteiger partial charge in [-0.2, -0.15) is 5.11 Å². The van der Waals surface area contributed by atoms with Gasteiger partial charge in [0.1, 0.15) is 5.82 Å². The van der Waals surface area contributed by atoms with Gasteiger partial charge >= 0.3 is 0 Å². The van der Waals surface area contributed by atoms with Gasteiger partial charge in [0.2, 0.25) is 0 Å². The van der Waals surface area contributed by atoms with Crippen molar-refractivity contribution in [3.8, 4) is 0 Å². The third-order valence-corrected chi connectivity index (χ3v) is 3.40. The van der Waals surface area contributed by atoms with Gasteiger partial charge in [-0.1, -0.05) is 51.3 Å². The van der Waals surface area contributed by atoms with E-state index in [4.69, 9.17) is 5.73 Å². The van der Waals surface area contributed by atoms with Crippen LogP contribution in [-0.4, -0.2) is 11.6 Å². The summed E-state index contributed by atoms with van der Waals surface area (Å²) in [5, 5.41) is 6.67. The highest BCUT2D eigenvalue weighted by Crippen LogP contribution is 2.13. The van der Waals surface area contributed by atoms with E-state index in [0.717, 1.165) is 35.1 Å². The smallest absolute Gasteiger partial charge is 0.183 e. The van der Waals surface area contributed by atoms with Crippen molar-refractivity contribution >= 4 is 11.6 Å². The first-order chi connectivity index (χ1) is 12.7. The number of Topliss-reactive ketones (excluding diaryl/α,β-unsaturated/α-hetero) is 2. The minimum Gasteiger partial charge on any atom is -0.383 e. The highest BCUT2D eigenvalue weighted by atomic mass is 16.1. The number of hydrogen-bond acceptors (Lipinski definition) is 5. The van der Waals surface area contributed by atoms with Crippen LogP contribution in [0.4, 0.5) is 0 Å². The molecule has 2 rings (SSSR count). The van der Waals surface area contributed by atoms with Crippen molar-refractivity contribution in [2.45, 2.75) is 54.4 Å². The van der Waals surface area contributed by atoms with Crippen molar-refractivity contribution in [2.24, 2.45) is 16.0 Å². The predicted molar refractivity (Wildman–Crippen MR) is 114 cm³/mol. The number of azo groups is 1. The van der Waals surface area contributed by atoms with Crippen LogP contribution in [0.2, 0.25) is 0 Å². The lowest BCUT2D eigenvalue weighted by Crippen LogP contribution is -2.03. The molecule has 5 heteroatoms. The first-order valence-corrected chi connectivity index (χ1v) is 8.93. The maximum atomic E-state index is 11.0. The molecular formula is C22H33N3O2. The van der Waals surface area contributed by atoms with Crippen molar-refractivity contribution in [1.29, 1.82) is 0 Å². The van der Waals surface area contributed by atoms with E-state index in [-0.39, 0.29) is 17.4 Å². The van der Waals surface area contributed by atoms with Gasteiger partial charge in [-0.15, -0.1) is 5.11 Å². The normalized spacial score (nSPS) is 15.3. The summed E-state index contributed by atoms with van der Waals surface area (Å²) in [6, 6.07) is 0. The molecule has 0 atom stereocenters. The summed E-state index contributed by atoms with van der Waals surface area (Å²) >= 11 is 0. The van der Waals surface area contributed by atoms with E-state index >= 15 is 0 Å². The van der Waals surface area contributed by atoms with Crippen LogP contribution in [0.15, 0.2) is 82.0 Å². The summed E-state index contributed by atoms with van der Waals surface area (Å²) in [6.07, 6.45) is 10.9. The van der Waals surface area contributed by atoms with E-state index in [2.05, 4.69) is 23.4 Å². The van der Waals surface area contributed by atoms with Crippen LogP contribution in [-0.2, 0) is 9.59 Å². The second-order valence-corrected chi connectivity index (χ2v) is 5.57. The Morgan fingerprint density at radius 1 is 0.889 bits per heavy atom. The average Bonchev–Trinajstić information content (AvgIpc) is 2.65. The van der Waals surface area contributed by atoms with Crippen LogP contribution in [0.25, 0.3) is 0 Å². The van der Waals surface area contributed by atoms with Crippen molar-refractivity contribution in [2.75, 3.05) is 0 Å². The van der Waals surface area contributed by atoms with Crippen LogP contribution in [0.1, 0.15) is 54.4 Å². The summed E-state index contributed by atoms with van der Waals surface area (Å²) in [5.41, 5.74) is 8.51. The molecule has 0 amide bonds. The number of nitrogens with two attached hydrogens (primary N) is 1. The monoisotopic (exact) mass is 371 g/mol. The third kappa shape index (κ3) is 12.2. The van der Waals surface area contributed by atoms with Gasteiger partial charge in [0.15, 0.2) is 11.6 Å². The van der Waals surface area contributed by atoms with Crippen LogP contribution in [0.5, 0.6) is 0 Å². The number of rotatable bonds is 2. The van der Waals surface area contributed by atoms with Crippen molar-refractivity contribution < 1.29 is 9.59 Å². The minimum atomic E-state index is 0.194. The molecule has 0 saturated carbocycles. The quantitative estimate of drug-likeness (QED) is 0.628. The number of allylic oxidation sites excluding steroid dienone is 8. The second kappa shape index (κ2) is 15.4. The molecule has 27 heavy (non-hydrogen) atoms. The van der Waals surface area contributed by atoms with E-state index in [0.29, 0.717) is 0 Å². The zero-order valence-corrected chi connectivity index (χ0v) is 17.5. The molecule has 2 N–H and O–H groups in total. The Balaban J connectivity index is 0. The highest BCUT2D eigenvalue weighted by molar-refractivity contribution is 6.08. The number of nitrogens with zero attached hydrogens (tertiary/aromatic N) is 2. The summed E-state index contributed by atoms with van der Waals surface area (Å²) in [6.45, 7) is 18.0. The van der Waals surface area contributed by atoms with Gasteiger partial charge in [0.25, 0.3) is 0 Å². The molecule has 5 nitrogen and oxygen atoms in total. The van der Waals surface area contributed by atoms with E-state index in [1.54, 1.807) is 0 Å². The van der Waals surface area contributed by atoms with Crippen molar-refractivity contribution in [3.63, 3.8) is 0 Å². The lowest BCUT2D eigenvalue weighted by Gasteiger charge is -2.04. The highest BCUT2D eigenvalue weighted by Gasteiger charge is 2.09. The van der Waals surface area contributed by atoms with E-state index in [1.807, 2.05) is 65.8 Å². The topological polar surface area (TPSA) is 84.9 Å². The lowest BCUT2D eigenvalue weighted by molar-refractivity contribution is -0.113. The molecule has 0 radical (unpaired) electrons. The molecule has 0 aromatic rings. The number of ketones is 2. The zero-order valence-electron chi connectivity index (χ0n) is 17.5. The summed E-state index contributed by atoms with van der Waals surface area (Å²) in [4.78, 5) is 22.0. The maximum absolute atomic E-state index is 11.0. The molecule has 0 spiro atoms. The molecule has 2 aliphatic rings. The SMILES string of the molecule is C=CN=NC(=C)N.CC.CC1=CCC=C(C)C1=O.CC1=CCC=C(C)C1=O. The molecule has 0 fully saturated rings. The van der Waals surface area contributed by atoms with Gasteiger partial charge in [0, 0.05) is 6.20 Å². The summed E-state index contributed by atoms with van der Waals surface area (Å²) in [7, 11) is 0. The lowest BCUT2D eigenvalue weighted by atomic mass is 9.99. The zero-order chi connectivity index (χ0) is 21.4. The van der Waals surface area contributed by atoms with E-state index in [1.165, 1.54) is 6.20 Å². The van der Waals surface area contributed by atoms with Crippen molar-refractivity contribution in [1.82, 2.24) is 0 Å². The number of carbonyl (C=O) groups excluding carboxylic acids is 2.